The number of nitrogens with one attached hydrogen (secondary N) is 1. The molecule has 2 N–H and O–H groups in total. The Morgan fingerprint density at radius 3 is 2.60 bits per heavy atom. The number of hydrogen-bond donors (Lipinski definition) is 2. The number of allylic oxidation sites excluding steroid dienone is 1. The van der Waals surface area contributed by atoms with Crippen molar-refractivity contribution in [1.29, 1.82) is 5.26 Å². The maximum Gasteiger partial charge on any atom is 0.152 e. The standard InChI is InChI=1S/C19H17N3O2S/c1-12(25-14-9-7-13(24-2)8-10-14)18(23)15(11-20)19-21-16-5-3-4-6-17(16)22-19/h3-10,12,23H,1-2H3,(H,21,22)/b18-15-/t12-/m1/s1. The summed E-state index contributed by atoms with van der Waals surface area (Å²) in [7, 11) is 1.62. The van der Waals surface area contributed by atoms with Gasteiger partial charge in [-0.3, -0.25) is 0 Å². The number of nitriles is 1. The Bertz CT molecular complexity index is 922. The minimum Gasteiger partial charge on any atom is -0.510 e. The Morgan fingerprint density at radius 2 is 1.96 bits per heavy atom. The van der Waals surface area contributed by atoms with Crippen molar-refractivity contribution in [1.82, 2.24) is 9.97 Å². The normalized spacial score (nSPS) is 13.2. The van der Waals surface area contributed by atoms with Crippen molar-refractivity contribution in [2.24, 2.45) is 0 Å². The molecule has 1 atom stereocenters. The van der Waals surface area contributed by atoms with Crippen molar-refractivity contribution in [2.45, 2.75) is 17.1 Å². The molecular formula is C19H17N3O2S. The van der Waals surface area contributed by atoms with Crippen LogP contribution in [0.4, 0.5) is 0 Å². The van der Waals surface area contributed by atoms with E-state index in [2.05, 4.69) is 16.0 Å². The van der Waals surface area contributed by atoms with Gasteiger partial charge in [0.05, 0.1) is 23.4 Å². The molecule has 0 saturated heterocycles. The van der Waals surface area contributed by atoms with Gasteiger partial charge < -0.3 is 14.8 Å². The molecule has 5 nitrogen and oxygen atoms in total. The molecule has 6 heteroatoms. The number of aromatic amines is 1. The Hall–Kier alpha value is -2.91. The number of aliphatic hydroxyl groups is 1. The van der Waals surface area contributed by atoms with Gasteiger partial charge in [0.15, 0.2) is 5.82 Å². The van der Waals surface area contributed by atoms with Gasteiger partial charge in [-0.15, -0.1) is 11.8 Å². The number of thioether (sulfide) groups is 1. The summed E-state index contributed by atoms with van der Waals surface area (Å²) in [6.07, 6.45) is 0. The van der Waals surface area contributed by atoms with E-state index in [1.165, 1.54) is 11.8 Å². The van der Waals surface area contributed by atoms with Gasteiger partial charge in [0, 0.05) is 4.90 Å². The number of para-hydroxylation sites is 2. The van der Waals surface area contributed by atoms with Crippen LogP contribution < -0.4 is 4.74 Å². The first-order valence-corrected chi connectivity index (χ1v) is 8.59. The van der Waals surface area contributed by atoms with E-state index in [9.17, 15) is 10.4 Å². The number of imidazole rings is 1. The van der Waals surface area contributed by atoms with Gasteiger partial charge in [0.1, 0.15) is 23.2 Å². The molecule has 2 aromatic carbocycles. The van der Waals surface area contributed by atoms with Gasteiger partial charge in [-0.1, -0.05) is 12.1 Å². The molecule has 126 valence electrons. The summed E-state index contributed by atoms with van der Waals surface area (Å²) >= 11 is 1.46. The van der Waals surface area contributed by atoms with Crippen LogP contribution >= 0.6 is 11.8 Å². The van der Waals surface area contributed by atoms with Crippen LogP contribution in [0.3, 0.4) is 0 Å². The van der Waals surface area contributed by atoms with Gasteiger partial charge in [0.2, 0.25) is 0 Å². The van der Waals surface area contributed by atoms with E-state index in [0.29, 0.717) is 5.82 Å². The maximum atomic E-state index is 10.6. The number of nitrogens with zero attached hydrogens (tertiary/aromatic N) is 2. The van der Waals surface area contributed by atoms with E-state index < -0.39 is 0 Å². The number of benzene rings is 2. The van der Waals surface area contributed by atoms with Crippen molar-refractivity contribution in [3.8, 4) is 11.8 Å². The zero-order valence-electron chi connectivity index (χ0n) is 13.9. The lowest BCUT2D eigenvalue weighted by Crippen LogP contribution is -2.04. The molecule has 3 aromatic rings. The monoisotopic (exact) mass is 351 g/mol. The highest BCUT2D eigenvalue weighted by molar-refractivity contribution is 8.00. The molecule has 0 saturated carbocycles. The lowest BCUT2D eigenvalue weighted by Gasteiger charge is -2.12. The SMILES string of the molecule is COc1ccc(S[C@H](C)/C(O)=C(\C#N)c2nc3ccccc3[nH]2)cc1. The fraction of sp³-hybridized carbons (Fsp3) is 0.158. The van der Waals surface area contributed by atoms with E-state index in [4.69, 9.17) is 4.74 Å². The van der Waals surface area contributed by atoms with Crippen LogP contribution in [0.2, 0.25) is 0 Å². The number of fused-ring (bicyclic) bond motifs is 1. The van der Waals surface area contributed by atoms with Crippen molar-refractivity contribution in [3.63, 3.8) is 0 Å². The fourth-order valence-electron chi connectivity index (χ4n) is 2.42. The Kier molecular flexibility index (Phi) is 4.96. The molecule has 3 rings (SSSR count). The first-order valence-electron chi connectivity index (χ1n) is 7.71. The minimum absolute atomic E-state index is 0.00220. The van der Waals surface area contributed by atoms with Crippen LogP contribution in [0, 0.1) is 11.3 Å². The molecule has 0 aliphatic heterocycles. The highest BCUT2D eigenvalue weighted by Gasteiger charge is 2.19. The fourth-order valence-corrected chi connectivity index (χ4v) is 3.35. The van der Waals surface area contributed by atoms with E-state index in [1.54, 1.807) is 7.11 Å². The summed E-state index contributed by atoms with van der Waals surface area (Å²) in [6.45, 7) is 1.85. The Labute approximate surface area is 150 Å². The first kappa shape index (κ1) is 16.9. The third-order valence-electron chi connectivity index (χ3n) is 3.75. The zero-order chi connectivity index (χ0) is 17.8. The molecule has 0 amide bonds. The van der Waals surface area contributed by atoms with Gasteiger partial charge in [-0.2, -0.15) is 5.26 Å². The van der Waals surface area contributed by atoms with Gasteiger partial charge in [-0.05, 0) is 43.3 Å². The van der Waals surface area contributed by atoms with Crippen molar-refractivity contribution >= 4 is 28.4 Å². The molecule has 0 unspecified atom stereocenters. The molecule has 1 heterocycles. The van der Waals surface area contributed by atoms with Crippen molar-refractivity contribution in [2.75, 3.05) is 7.11 Å². The lowest BCUT2D eigenvalue weighted by atomic mass is 10.2. The van der Waals surface area contributed by atoms with Crippen molar-refractivity contribution in [3.05, 3.63) is 60.1 Å². The molecule has 1 aromatic heterocycles. The van der Waals surface area contributed by atoms with Crippen LogP contribution in [0.5, 0.6) is 5.75 Å². The van der Waals surface area contributed by atoms with Gasteiger partial charge in [-0.25, -0.2) is 4.98 Å². The highest BCUT2D eigenvalue weighted by atomic mass is 32.2. The average molecular weight is 351 g/mol. The summed E-state index contributed by atoms with van der Waals surface area (Å²) < 4.78 is 5.14. The molecule has 25 heavy (non-hydrogen) atoms. The van der Waals surface area contributed by atoms with E-state index >= 15 is 0 Å². The minimum atomic E-state index is -0.295. The second kappa shape index (κ2) is 7.32. The maximum absolute atomic E-state index is 10.6. The molecule has 0 spiro atoms. The van der Waals surface area contributed by atoms with Crippen LogP contribution in [-0.4, -0.2) is 27.4 Å². The molecule has 0 radical (unpaired) electrons. The summed E-state index contributed by atoms with van der Waals surface area (Å²) in [4.78, 5) is 8.45. The van der Waals surface area contributed by atoms with Crippen LogP contribution in [0.25, 0.3) is 16.6 Å². The van der Waals surface area contributed by atoms with Crippen LogP contribution in [-0.2, 0) is 0 Å². The van der Waals surface area contributed by atoms with Crippen LogP contribution in [0.1, 0.15) is 12.7 Å². The summed E-state index contributed by atoms with van der Waals surface area (Å²) in [5, 5.41) is 19.8. The topological polar surface area (TPSA) is 81.9 Å². The highest BCUT2D eigenvalue weighted by Crippen LogP contribution is 2.31. The number of H-pyrrole nitrogens is 1. The third kappa shape index (κ3) is 3.62. The first-order chi connectivity index (χ1) is 12.1. The predicted molar refractivity (Wildman–Crippen MR) is 99.6 cm³/mol. The third-order valence-corrected chi connectivity index (χ3v) is 4.87. The number of aliphatic hydroxyl groups excluding tert-OH is 1. The summed E-state index contributed by atoms with van der Waals surface area (Å²) in [6, 6.07) is 17.1. The largest absolute Gasteiger partial charge is 0.510 e. The number of aromatic nitrogens is 2. The Balaban J connectivity index is 1.88. The molecular weight excluding hydrogens is 334 g/mol. The second-order valence-corrected chi connectivity index (χ2v) is 6.82. The Morgan fingerprint density at radius 1 is 1.24 bits per heavy atom. The zero-order valence-corrected chi connectivity index (χ0v) is 14.7. The molecule has 0 fully saturated rings. The van der Waals surface area contributed by atoms with E-state index in [1.807, 2.05) is 55.5 Å². The van der Waals surface area contributed by atoms with Crippen LogP contribution in [0.15, 0.2) is 59.2 Å². The number of ether oxygens (including phenoxy) is 1. The van der Waals surface area contributed by atoms with Gasteiger partial charge >= 0.3 is 0 Å². The lowest BCUT2D eigenvalue weighted by molar-refractivity contribution is 0.402. The average Bonchev–Trinajstić information content (AvgIpc) is 3.06. The molecule has 0 bridgehead atoms. The quantitative estimate of drug-likeness (QED) is 0.400. The summed E-state index contributed by atoms with van der Waals surface area (Å²) in [5.74, 6) is 1.16. The number of hydrogen-bond acceptors (Lipinski definition) is 5. The second-order valence-electron chi connectivity index (χ2n) is 5.41. The molecule has 0 aliphatic rings. The van der Waals surface area contributed by atoms with Gasteiger partial charge in [0.25, 0.3) is 0 Å². The molecule has 0 aliphatic carbocycles. The van der Waals surface area contributed by atoms with Crippen molar-refractivity contribution < 1.29 is 9.84 Å². The summed E-state index contributed by atoms with van der Waals surface area (Å²) in [5.41, 5.74) is 1.74. The number of rotatable bonds is 5. The van der Waals surface area contributed by atoms with E-state index in [-0.39, 0.29) is 16.6 Å². The number of methoxy groups -OCH3 is 1. The van der Waals surface area contributed by atoms with E-state index in [0.717, 1.165) is 21.7 Å². The predicted octanol–water partition coefficient (Wildman–Crippen LogP) is 4.54. The smallest absolute Gasteiger partial charge is 0.152 e.